The van der Waals surface area contributed by atoms with Gasteiger partial charge < -0.3 is 4.90 Å². The zero-order valence-electron chi connectivity index (χ0n) is 15.6. The first-order valence-electron chi connectivity index (χ1n) is 8.92. The van der Waals surface area contributed by atoms with Gasteiger partial charge in [-0.2, -0.15) is 5.10 Å². The van der Waals surface area contributed by atoms with E-state index in [-0.39, 0.29) is 11.3 Å². The van der Waals surface area contributed by atoms with Gasteiger partial charge in [0.2, 0.25) is 5.91 Å². The third-order valence-electron chi connectivity index (χ3n) is 4.65. The van der Waals surface area contributed by atoms with Crippen molar-refractivity contribution in [1.29, 1.82) is 0 Å². The second-order valence-electron chi connectivity index (χ2n) is 8.01. The quantitative estimate of drug-likeness (QED) is 0.861. The van der Waals surface area contributed by atoms with Gasteiger partial charge in [0.15, 0.2) is 0 Å². The maximum Gasteiger partial charge on any atom is 0.227 e. The Balaban J connectivity index is 1.63. The average molecular weight is 341 g/mol. The normalized spacial score (nSPS) is 18.4. The molecule has 0 bridgehead atoms. The Morgan fingerprint density at radius 1 is 1.24 bits per heavy atom. The number of aromatic nitrogens is 4. The molecule has 1 fully saturated rings. The number of hydrogen-bond acceptors (Lipinski definition) is 4. The van der Waals surface area contributed by atoms with Crippen LogP contribution < -0.4 is 0 Å². The summed E-state index contributed by atoms with van der Waals surface area (Å²) in [5, 5.41) is 4.17. The highest BCUT2D eigenvalue weighted by molar-refractivity contribution is 5.81. The van der Waals surface area contributed by atoms with Gasteiger partial charge in [-0.15, -0.1) is 0 Å². The molecule has 0 saturated carbocycles. The van der Waals surface area contributed by atoms with Crippen molar-refractivity contribution < 1.29 is 4.79 Å². The van der Waals surface area contributed by atoms with Crippen molar-refractivity contribution >= 4 is 5.91 Å². The van der Waals surface area contributed by atoms with Crippen LogP contribution in [0.3, 0.4) is 0 Å². The molecule has 1 aliphatic heterocycles. The minimum absolute atomic E-state index is 0.246. The molecular weight excluding hydrogens is 314 g/mol. The van der Waals surface area contributed by atoms with Gasteiger partial charge in [0.05, 0.1) is 23.8 Å². The highest BCUT2D eigenvalue weighted by Gasteiger charge is 2.31. The number of nitrogens with zero attached hydrogens (tertiary/aromatic N) is 5. The topological polar surface area (TPSA) is 63.9 Å². The summed E-state index contributed by atoms with van der Waals surface area (Å²) in [6, 6.07) is 0. The van der Waals surface area contributed by atoms with Crippen LogP contribution >= 0.6 is 0 Å². The Morgan fingerprint density at radius 2 is 2.04 bits per heavy atom. The van der Waals surface area contributed by atoms with Crippen LogP contribution in [0.25, 0.3) is 11.3 Å². The van der Waals surface area contributed by atoms with Gasteiger partial charge in [-0.3, -0.25) is 19.4 Å². The maximum absolute atomic E-state index is 12.5. The number of rotatable bonds is 3. The third kappa shape index (κ3) is 4.24. The van der Waals surface area contributed by atoms with Crippen molar-refractivity contribution in [3.63, 3.8) is 0 Å². The van der Waals surface area contributed by atoms with Gasteiger partial charge in [-0.25, -0.2) is 0 Å². The Hall–Kier alpha value is -2.24. The first-order valence-corrected chi connectivity index (χ1v) is 8.92. The Kier molecular flexibility index (Phi) is 4.88. The van der Waals surface area contributed by atoms with Crippen molar-refractivity contribution in [3.8, 4) is 11.3 Å². The molecule has 0 spiro atoms. The number of carbonyl (C=O) groups is 1. The number of carbonyl (C=O) groups excluding carboxylic acids is 1. The molecule has 3 heterocycles. The smallest absolute Gasteiger partial charge is 0.227 e. The van der Waals surface area contributed by atoms with E-state index in [1.807, 2.05) is 51.3 Å². The average Bonchev–Trinajstić information content (AvgIpc) is 3.01. The lowest BCUT2D eigenvalue weighted by atomic mass is 9.89. The fourth-order valence-corrected chi connectivity index (χ4v) is 3.35. The zero-order chi connectivity index (χ0) is 18.0. The van der Waals surface area contributed by atoms with Gasteiger partial charge in [0.1, 0.15) is 0 Å². The molecule has 1 saturated heterocycles. The van der Waals surface area contributed by atoms with Crippen molar-refractivity contribution in [1.82, 2.24) is 24.6 Å². The van der Waals surface area contributed by atoms with Crippen molar-refractivity contribution in [2.24, 2.45) is 18.4 Å². The predicted molar refractivity (Wildman–Crippen MR) is 96.7 cm³/mol. The number of hydrogen-bond donors (Lipinski definition) is 0. The number of aryl methyl sites for hydroxylation is 1. The number of piperidine rings is 1. The maximum atomic E-state index is 12.5. The fourth-order valence-electron chi connectivity index (χ4n) is 3.35. The molecule has 6 heteroatoms. The van der Waals surface area contributed by atoms with Crippen LogP contribution in [-0.4, -0.2) is 43.6 Å². The predicted octanol–water partition coefficient (Wildman–Crippen LogP) is 2.70. The van der Waals surface area contributed by atoms with Crippen molar-refractivity contribution in [2.75, 3.05) is 13.1 Å². The van der Waals surface area contributed by atoms with E-state index < -0.39 is 0 Å². The molecule has 134 valence electrons. The van der Waals surface area contributed by atoms with Crippen molar-refractivity contribution in [2.45, 2.75) is 40.0 Å². The van der Waals surface area contributed by atoms with Crippen molar-refractivity contribution in [3.05, 3.63) is 30.5 Å². The lowest BCUT2D eigenvalue weighted by Crippen LogP contribution is -2.45. The van der Waals surface area contributed by atoms with Gasteiger partial charge in [-0.1, -0.05) is 20.8 Å². The molecule has 0 aliphatic carbocycles. The molecule has 0 radical (unpaired) electrons. The largest absolute Gasteiger partial charge is 0.342 e. The van der Waals surface area contributed by atoms with Gasteiger partial charge in [0.25, 0.3) is 0 Å². The van der Waals surface area contributed by atoms with E-state index >= 15 is 0 Å². The van der Waals surface area contributed by atoms with E-state index in [1.165, 1.54) is 0 Å². The lowest BCUT2D eigenvalue weighted by Gasteiger charge is -2.36. The highest BCUT2D eigenvalue weighted by atomic mass is 16.2. The molecular formula is C19H27N5O. The number of likely N-dealkylation sites (tertiary alicyclic amines) is 1. The molecule has 6 nitrogen and oxygen atoms in total. The second kappa shape index (κ2) is 6.94. The van der Waals surface area contributed by atoms with Crippen LogP contribution in [0.1, 0.15) is 39.3 Å². The Bertz CT molecular complexity index is 729. The minimum Gasteiger partial charge on any atom is -0.342 e. The summed E-state index contributed by atoms with van der Waals surface area (Å²) in [7, 11) is 1.89. The summed E-state index contributed by atoms with van der Waals surface area (Å²) >= 11 is 0. The SMILES string of the molecule is Cn1cc(-c2cnc(C[C@@H]3CCCN(C(=O)C(C)(C)C)C3)cn2)cn1. The summed E-state index contributed by atoms with van der Waals surface area (Å²) < 4.78 is 1.76. The summed E-state index contributed by atoms with van der Waals surface area (Å²) in [6.07, 6.45) is 10.5. The van der Waals surface area contributed by atoms with Crippen LogP contribution in [0.4, 0.5) is 0 Å². The number of amides is 1. The van der Waals surface area contributed by atoms with Gasteiger partial charge in [0, 0.05) is 43.5 Å². The minimum atomic E-state index is -0.312. The Labute approximate surface area is 149 Å². The van der Waals surface area contributed by atoms with E-state index in [2.05, 4.69) is 15.1 Å². The molecule has 0 N–H and O–H groups in total. The van der Waals surface area contributed by atoms with E-state index in [0.29, 0.717) is 5.92 Å². The van der Waals surface area contributed by atoms with E-state index in [9.17, 15) is 4.79 Å². The molecule has 0 aromatic carbocycles. The lowest BCUT2D eigenvalue weighted by molar-refractivity contribution is -0.141. The van der Waals surface area contributed by atoms with Gasteiger partial charge in [-0.05, 0) is 25.2 Å². The molecule has 25 heavy (non-hydrogen) atoms. The second-order valence-corrected chi connectivity index (χ2v) is 8.01. The molecule has 2 aromatic heterocycles. The fraction of sp³-hybridized carbons (Fsp3) is 0.579. The molecule has 2 aromatic rings. The van der Waals surface area contributed by atoms with E-state index in [0.717, 1.165) is 49.3 Å². The van der Waals surface area contributed by atoms with Crippen LogP contribution in [0.15, 0.2) is 24.8 Å². The molecule has 1 amide bonds. The van der Waals surface area contributed by atoms with E-state index in [1.54, 1.807) is 10.9 Å². The summed E-state index contributed by atoms with van der Waals surface area (Å²) in [5.74, 6) is 0.703. The first kappa shape index (κ1) is 17.6. The first-order chi connectivity index (χ1) is 11.8. The van der Waals surface area contributed by atoms with Crippen LogP contribution in [0, 0.1) is 11.3 Å². The third-order valence-corrected chi connectivity index (χ3v) is 4.65. The molecule has 0 unspecified atom stereocenters. The van der Waals surface area contributed by atoms with Crippen LogP contribution in [0.2, 0.25) is 0 Å². The Morgan fingerprint density at radius 3 is 2.64 bits per heavy atom. The monoisotopic (exact) mass is 341 g/mol. The van der Waals surface area contributed by atoms with Gasteiger partial charge >= 0.3 is 0 Å². The molecule has 3 rings (SSSR count). The van der Waals surface area contributed by atoms with Crippen LogP contribution in [0.5, 0.6) is 0 Å². The summed E-state index contributed by atoms with van der Waals surface area (Å²) in [5.41, 5.74) is 2.49. The van der Waals surface area contributed by atoms with Crippen LogP contribution in [-0.2, 0) is 18.3 Å². The standard InChI is InChI=1S/C19H27N5O/c1-19(2,3)18(25)24-7-5-6-14(12-24)8-16-10-21-17(11-20-16)15-9-22-23(4)13-15/h9-11,13-14H,5-8,12H2,1-4H3/t14-/m0/s1. The molecule has 1 aliphatic rings. The van der Waals surface area contributed by atoms with E-state index in [4.69, 9.17) is 0 Å². The summed E-state index contributed by atoms with van der Waals surface area (Å²) in [4.78, 5) is 23.6. The highest BCUT2D eigenvalue weighted by Crippen LogP contribution is 2.25. The molecule has 1 atom stereocenters. The zero-order valence-corrected chi connectivity index (χ0v) is 15.6. The summed E-state index contributed by atoms with van der Waals surface area (Å²) in [6.45, 7) is 7.66.